The summed E-state index contributed by atoms with van der Waals surface area (Å²) in [5, 5.41) is 0. The van der Waals surface area contributed by atoms with E-state index < -0.39 is 6.10 Å². The molecule has 0 aromatic rings. The third kappa shape index (κ3) is 55.2. The summed E-state index contributed by atoms with van der Waals surface area (Å²) in [5.41, 5.74) is 0. The Morgan fingerprint density at radius 1 is 0.239 bits per heavy atom. The molecule has 0 radical (unpaired) electrons. The average Bonchev–Trinajstić information content (AvgIpc) is 3.33. The maximum absolute atomic E-state index is 12.9. The van der Waals surface area contributed by atoms with Crippen molar-refractivity contribution in [3.05, 3.63) is 0 Å². The monoisotopic (exact) mass is 947 g/mol. The molecule has 0 aliphatic carbocycles. The first-order chi connectivity index (χ1) is 33.0. The molecule has 0 spiro atoms. The lowest BCUT2D eigenvalue weighted by atomic mass is 10.0. The summed E-state index contributed by atoms with van der Waals surface area (Å²) in [7, 11) is 0. The molecule has 67 heavy (non-hydrogen) atoms. The topological polar surface area (TPSA) is 78.9 Å². The average molecular weight is 948 g/mol. The zero-order valence-corrected chi connectivity index (χ0v) is 45.7. The van der Waals surface area contributed by atoms with Gasteiger partial charge in [-0.15, -0.1) is 0 Å². The molecule has 398 valence electrons. The van der Waals surface area contributed by atoms with Gasteiger partial charge in [-0.1, -0.05) is 316 Å². The summed E-state index contributed by atoms with van der Waals surface area (Å²) in [6.45, 7) is 6.72. The van der Waals surface area contributed by atoms with Gasteiger partial charge in [0.2, 0.25) is 0 Å². The molecule has 0 unspecified atom stereocenters. The first-order valence-corrected chi connectivity index (χ1v) is 30.5. The number of carbonyl (C=O) groups is 3. The molecule has 0 saturated carbocycles. The molecule has 0 aromatic heterocycles. The Bertz CT molecular complexity index is 998. The highest BCUT2D eigenvalue weighted by Crippen LogP contribution is 2.18. The van der Waals surface area contributed by atoms with Crippen molar-refractivity contribution >= 4 is 17.9 Å². The number of hydrogen-bond donors (Lipinski definition) is 0. The Labute approximate surface area is 418 Å². The molecule has 6 heteroatoms. The van der Waals surface area contributed by atoms with Gasteiger partial charge in [0, 0.05) is 19.3 Å². The van der Waals surface area contributed by atoms with E-state index in [1.807, 2.05) is 0 Å². The van der Waals surface area contributed by atoms with E-state index >= 15 is 0 Å². The number of esters is 3. The van der Waals surface area contributed by atoms with E-state index in [1.54, 1.807) is 0 Å². The number of hydrogen-bond acceptors (Lipinski definition) is 6. The standard InChI is InChI=1S/C61H118O6/c1-4-7-10-13-16-19-22-25-28-31-34-36-39-42-45-48-51-54-60(63)66-57-58(67-61(64)55-52-49-46-43-40-37-33-30-27-24-21-18-15-12-9-6-3)56-65-59(62)53-50-47-44-41-38-35-32-29-26-23-20-17-14-11-8-5-2/h58H,4-57H2,1-3H3/t58-/m1/s1. The van der Waals surface area contributed by atoms with E-state index in [2.05, 4.69) is 20.8 Å². The van der Waals surface area contributed by atoms with Crippen LogP contribution in [0.4, 0.5) is 0 Å². The van der Waals surface area contributed by atoms with Crippen LogP contribution in [0.1, 0.15) is 355 Å². The molecular formula is C61H118O6. The van der Waals surface area contributed by atoms with Crippen molar-refractivity contribution in [2.24, 2.45) is 0 Å². The van der Waals surface area contributed by atoms with Crippen LogP contribution in [-0.2, 0) is 28.6 Å². The zero-order valence-electron chi connectivity index (χ0n) is 45.7. The van der Waals surface area contributed by atoms with Gasteiger partial charge >= 0.3 is 17.9 Å². The second kappa shape index (κ2) is 57.0. The van der Waals surface area contributed by atoms with Gasteiger partial charge in [-0.05, 0) is 19.3 Å². The maximum atomic E-state index is 12.9. The summed E-state index contributed by atoms with van der Waals surface area (Å²) < 4.78 is 16.9. The fourth-order valence-corrected chi connectivity index (χ4v) is 9.51. The highest BCUT2D eigenvalue weighted by molar-refractivity contribution is 5.71. The largest absolute Gasteiger partial charge is 0.462 e. The first kappa shape index (κ1) is 65.4. The Morgan fingerprint density at radius 2 is 0.403 bits per heavy atom. The molecule has 0 aliphatic rings. The first-order valence-electron chi connectivity index (χ1n) is 30.5. The highest BCUT2D eigenvalue weighted by Gasteiger charge is 2.19. The van der Waals surface area contributed by atoms with Crippen LogP contribution in [0, 0.1) is 0 Å². The summed E-state index contributed by atoms with van der Waals surface area (Å²) in [6.07, 6.45) is 63.8. The van der Waals surface area contributed by atoms with Crippen LogP contribution in [0.3, 0.4) is 0 Å². The van der Waals surface area contributed by atoms with Gasteiger partial charge in [-0.25, -0.2) is 0 Å². The van der Waals surface area contributed by atoms with E-state index in [4.69, 9.17) is 14.2 Å². The Hall–Kier alpha value is -1.59. The van der Waals surface area contributed by atoms with E-state index in [0.29, 0.717) is 19.3 Å². The Balaban J connectivity index is 4.29. The van der Waals surface area contributed by atoms with Crippen LogP contribution in [0.2, 0.25) is 0 Å². The van der Waals surface area contributed by atoms with Crippen molar-refractivity contribution in [3.63, 3.8) is 0 Å². The quantitative estimate of drug-likeness (QED) is 0.0343. The third-order valence-corrected chi connectivity index (χ3v) is 14.1. The van der Waals surface area contributed by atoms with Crippen LogP contribution in [0.5, 0.6) is 0 Å². The number of ether oxygens (including phenoxy) is 3. The minimum absolute atomic E-state index is 0.0607. The van der Waals surface area contributed by atoms with Crippen LogP contribution >= 0.6 is 0 Å². The Morgan fingerprint density at radius 3 is 0.597 bits per heavy atom. The lowest BCUT2D eigenvalue weighted by molar-refractivity contribution is -0.167. The smallest absolute Gasteiger partial charge is 0.306 e. The van der Waals surface area contributed by atoms with Crippen molar-refractivity contribution in [2.75, 3.05) is 13.2 Å². The van der Waals surface area contributed by atoms with Crippen molar-refractivity contribution in [3.8, 4) is 0 Å². The van der Waals surface area contributed by atoms with Gasteiger partial charge in [0.1, 0.15) is 13.2 Å². The van der Waals surface area contributed by atoms with Gasteiger partial charge in [-0.2, -0.15) is 0 Å². The third-order valence-electron chi connectivity index (χ3n) is 14.1. The molecule has 6 nitrogen and oxygen atoms in total. The minimum Gasteiger partial charge on any atom is -0.462 e. The fraction of sp³-hybridized carbons (Fsp3) is 0.951. The number of rotatable bonds is 57. The zero-order chi connectivity index (χ0) is 48.6. The van der Waals surface area contributed by atoms with Crippen molar-refractivity contribution in [1.82, 2.24) is 0 Å². The lowest BCUT2D eigenvalue weighted by Crippen LogP contribution is -2.30. The summed E-state index contributed by atoms with van der Waals surface area (Å²) >= 11 is 0. The van der Waals surface area contributed by atoms with Crippen LogP contribution in [0.25, 0.3) is 0 Å². The molecule has 0 aromatic carbocycles. The summed E-state index contributed by atoms with van der Waals surface area (Å²) in [4.78, 5) is 38.2. The molecule has 0 bridgehead atoms. The van der Waals surface area contributed by atoms with Crippen LogP contribution < -0.4 is 0 Å². The predicted octanol–water partition coefficient (Wildman–Crippen LogP) is 20.3. The van der Waals surface area contributed by atoms with Crippen molar-refractivity contribution in [1.29, 1.82) is 0 Å². The molecule has 0 saturated heterocycles. The second-order valence-corrected chi connectivity index (χ2v) is 21.0. The molecule has 0 amide bonds. The van der Waals surface area contributed by atoms with Crippen LogP contribution in [-0.4, -0.2) is 37.2 Å². The molecule has 0 fully saturated rings. The molecule has 1 atom stereocenters. The maximum Gasteiger partial charge on any atom is 0.306 e. The van der Waals surface area contributed by atoms with E-state index in [9.17, 15) is 14.4 Å². The molecule has 0 N–H and O–H groups in total. The van der Waals surface area contributed by atoms with Crippen molar-refractivity contribution < 1.29 is 28.6 Å². The molecular weight excluding hydrogens is 829 g/mol. The summed E-state index contributed by atoms with van der Waals surface area (Å²) in [6, 6.07) is 0. The lowest BCUT2D eigenvalue weighted by Gasteiger charge is -2.18. The fourth-order valence-electron chi connectivity index (χ4n) is 9.51. The second-order valence-electron chi connectivity index (χ2n) is 21.0. The van der Waals surface area contributed by atoms with Crippen LogP contribution in [0.15, 0.2) is 0 Å². The number of unbranched alkanes of at least 4 members (excludes halogenated alkanes) is 46. The minimum atomic E-state index is -0.761. The van der Waals surface area contributed by atoms with Gasteiger partial charge in [-0.3, -0.25) is 14.4 Å². The summed E-state index contributed by atoms with van der Waals surface area (Å²) in [5.74, 6) is -0.827. The SMILES string of the molecule is CCCCCCCCCCCCCCCCCCCC(=O)OC[C@@H](COC(=O)CCCCCCCCCCCCCCCCCC)OC(=O)CCCCCCCCCCCCCCCCCC. The van der Waals surface area contributed by atoms with E-state index in [-0.39, 0.29) is 31.1 Å². The normalized spacial score (nSPS) is 11.9. The molecule has 0 aliphatic heterocycles. The van der Waals surface area contributed by atoms with E-state index in [0.717, 1.165) is 57.8 Å². The predicted molar refractivity (Wildman–Crippen MR) is 289 cm³/mol. The van der Waals surface area contributed by atoms with Gasteiger partial charge < -0.3 is 14.2 Å². The van der Waals surface area contributed by atoms with E-state index in [1.165, 1.54) is 257 Å². The van der Waals surface area contributed by atoms with Gasteiger partial charge in [0.05, 0.1) is 0 Å². The molecule has 0 heterocycles. The van der Waals surface area contributed by atoms with Crippen molar-refractivity contribution in [2.45, 2.75) is 361 Å². The van der Waals surface area contributed by atoms with Gasteiger partial charge in [0.15, 0.2) is 6.10 Å². The Kier molecular flexibility index (Phi) is 55.6. The van der Waals surface area contributed by atoms with Gasteiger partial charge in [0.25, 0.3) is 0 Å². The number of carbonyl (C=O) groups excluding carboxylic acids is 3. The molecule has 0 rings (SSSR count). The highest BCUT2D eigenvalue weighted by atomic mass is 16.6.